The molecule has 8 nitrogen and oxygen atoms in total. The predicted molar refractivity (Wildman–Crippen MR) is 125 cm³/mol. The molecule has 1 atom stereocenters. The molecule has 33 heavy (non-hydrogen) atoms. The molecular formula is C25H22N4O4. The van der Waals surface area contributed by atoms with Crippen LogP contribution in [0.3, 0.4) is 0 Å². The second kappa shape index (κ2) is 8.05. The number of benzene rings is 2. The number of carboxylic acid groups (broad SMARTS) is 1. The normalized spacial score (nSPS) is 13.7. The van der Waals surface area contributed by atoms with Crippen LogP contribution < -0.4 is 15.6 Å². The highest BCUT2D eigenvalue weighted by atomic mass is 16.4. The quantitative estimate of drug-likeness (QED) is 0.471. The number of aromatic carboxylic acids is 1. The van der Waals surface area contributed by atoms with Crippen LogP contribution in [0.4, 0.5) is 11.6 Å². The number of hydrogen-bond donors (Lipinski definition) is 2. The van der Waals surface area contributed by atoms with Gasteiger partial charge in [0.15, 0.2) is 5.43 Å². The third-order valence-corrected chi connectivity index (χ3v) is 5.88. The van der Waals surface area contributed by atoms with E-state index in [1.54, 1.807) is 30.5 Å². The summed E-state index contributed by atoms with van der Waals surface area (Å²) in [7, 11) is 0. The molecule has 0 aliphatic carbocycles. The van der Waals surface area contributed by atoms with E-state index in [1.165, 1.54) is 12.4 Å². The fourth-order valence-electron chi connectivity index (χ4n) is 4.26. The van der Waals surface area contributed by atoms with Crippen molar-refractivity contribution in [1.82, 2.24) is 9.97 Å². The van der Waals surface area contributed by atoms with Crippen molar-refractivity contribution < 1.29 is 14.3 Å². The fraction of sp³-hybridized carbons (Fsp3) is 0.200. The lowest BCUT2D eigenvalue weighted by atomic mass is 10.0. The molecular weight excluding hydrogens is 420 g/mol. The molecule has 2 N–H and O–H groups in total. The first-order chi connectivity index (χ1) is 15.9. The van der Waals surface area contributed by atoms with E-state index in [-0.39, 0.29) is 17.0 Å². The molecule has 2 aromatic carbocycles. The van der Waals surface area contributed by atoms with Gasteiger partial charge in [-0.2, -0.15) is 0 Å². The number of nitrogens with one attached hydrogen (secondary N) is 1. The minimum absolute atomic E-state index is 0.128. The van der Waals surface area contributed by atoms with Gasteiger partial charge in [0.25, 0.3) is 0 Å². The van der Waals surface area contributed by atoms with Crippen molar-refractivity contribution in [1.29, 1.82) is 0 Å². The lowest BCUT2D eigenvalue weighted by Crippen LogP contribution is -2.18. The number of carbonyl (C=O) groups is 1. The molecule has 166 valence electrons. The number of hydrogen-bond acceptors (Lipinski definition) is 7. The van der Waals surface area contributed by atoms with E-state index in [1.807, 2.05) is 30.9 Å². The Labute approximate surface area is 189 Å². The molecule has 1 aliphatic rings. The van der Waals surface area contributed by atoms with E-state index in [2.05, 4.69) is 15.3 Å². The van der Waals surface area contributed by atoms with Crippen molar-refractivity contribution in [2.75, 3.05) is 10.2 Å². The first-order valence-electron chi connectivity index (χ1n) is 10.6. The number of para-hydroxylation sites is 1. The number of aryl methyl sites for hydroxylation is 1. The van der Waals surface area contributed by atoms with E-state index in [0.29, 0.717) is 35.6 Å². The summed E-state index contributed by atoms with van der Waals surface area (Å²) in [4.78, 5) is 35.0. The summed E-state index contributed by atoms with van der Waals surface area (Å²) in [6, 6.07) is 11.7. The third-order valence-electron chi connectivity index (χ3n) is 5.88. The molecule has 4 aromatic rings. The lowest BCUT2D eigenvalue weighted by molar-refractivity contribution is 0.0698. The summed E-state index contributed by atoms with van der Waals surface area (Å²) in [6.45, 7) is 4.93. The largest absolute Gasteiger partial charge is 0.478 e. The van der Waals surface area contributed by atoms with Crippen molar-refractivity contribution in [3.63, 3.8) is 0 Å². The molecule has 3 heterocycles. The maximum atomic E-state index is 13.0. The Hall–Kier alpha value is -4.20. The van der Waals surface area contributed by atoms with Crippen LogP contribution in [0.1, 0.15) is 45.7 Å². The zero-order valence-electron chi connectivity index (χ0n) is 18.2. The van der Waals surface area contributed by atoms with Gasteiger partial charge in [0.1, 0.15) is 11.9 Å². The van der Waals surface area contributed by atoms with E-state index in [4.69, 9.17) is 4.42 Å². The average molecular weight is 442 g/mol. The van der Waals surface area contributed by atoms with Crippen LogP contribution in [0.15, 0.2) is 64.2 Å². The molecule has 0 bridgehead atoms. The smallest absolute Gasteiger partial charge is 0.337 e. The topological polar surface area (TPSA) is 109 Å². The Morgan fingerprint density at radius 1 is 1.21 bits per heavy atom. The van der Waals surface area contributed by atoms with Gasteiger partial charge in [-0.25, -0.2) is 14.8 Å². The van der Waals surface area contributed by atoms with E-state index in [9.17, 15) is 14.7 Å². The van der Waals surface area contributed by atoms with Crippen molar-refractivity contribution in [2.24, 2.45) is 0 Å². The first kappa shape index (κ1) is 20.7. The highest BCUT2D eigenvalue weighted by Gasteiger charge is 2.24. The molecule has 8 heteroatoms. The van der Waals surface area contributed by atoms with Gasteiger partial charge in [-0.15, -0.1) is 0 Å². The first-order valence-corrected chi connectivity index (χ1v) is 10.6. The summed E-state index contributed by atoms with van der Waals surface area (Å²) in [5.74, 6) is -0.543. The fourth-order valence-corrected chi connectivity index (χ4v) is 4.26. The van der Waals surface area contributed by atoms with Crippen molar-refractivity contribution in [2.45, 2.75) is 33.0 Å². The number of fused-ring (bicyclic) bond motifs is 2. The van der Waals surface area contributed by atoms with Crippen LogP contribution in [0.2, 0.25) is 0 Å². The number of carboxylic acids is 1. The molecule has 2 aromatic heterocycles. The zero-order chi connectivity index (χ0) is 23.1. The molecule has 1 aliphatic heterocycles. The number of nitrogens with zero attached hydrogens (tertiary/aromatic N) is 3. The molecule has 0 unspecified atom stereocenters. The standard InChI is InChI=1S/C25H22N4O4/c1-14-7-18(15(2)28-20-6-4-3-5-17(20)25(31)32)24-19(8-14)22(30)9-23(33-24)29-11-16-10-26-13-27-21(16)12-29/h3-10,13,15,28H,11-12H2,1-2H3,(H,31,32)/t15-/m1/s1. The van der Waals surface area contributed by atoms with Crippen molar-refractivity contribution in [3.05, 3.63) is 93.2 Å². The second-order valence-corrected chi connectivity index (χ2v) is 8.25. The monoisotopic (exact) mass is 442 g/mol. The van der Waals surface area contributed by atoms with Gasteiger partial charge >= 0.3 is 5.97 Å². The van der Waals surface area contributed by atoms with Crippen molar-refractivity contribution in [3.8, 4) is 0 Å². The van der Waals surface area contributed by atoms with Crippen LogP contribution >= 0.6 is 0 Å². The van der Waals surface area contributed by atoms with E-state index < -0.39 is 5.97 Å². The van der Waals surface area contributed by atoms with Crippen LogP contribution in [0, 0.1) is 6.92 Å². The van der Waals surface area contributed by atoms with Crippen LogP contribution in [-0.4, -0.2) is 21.0 Å². The summed E-state index contributed by atoms with van der Waals surface area (Å²) in [5, 5.41) is 13.3. The Morgan fingerprint density at radius 3 is 2.82 bits per heavy atom. The summed E-state index contributed by atoms with van der Waals surface area (Å²) >= 11 is 0. The molecule has 0 saturated carbocycles. The van der Waals surface area contributed by atoms with Gasteiger partial charge < -0.3 is 19.7 Å². The number of anilines is 2. The van der Waals surface area contributed by atoms with Crippen LogP contribution in [-0.2, 0) is 13.1 Å². The Kier molecular flexibility index (Phi) is 5.05. The van der Waals surface area contributed by atoms with Gasteiger partial charge in [-0.1, -0.05) is 18.2 Å². The van der Waals surface area contributed by atoms with Crippen LogP contribution in [0.5, 0.6) is 0 Å². The molecule has 0 saturated heterocycles. The Morgan fingerprint density at radius 2 is 2.03 bits per heavy atom. The highest BCUT2D eigenvalue weighted by molar-refractivity contribution is 5.94. The van der Waals surface area contributed by atoms with Gasteiger partial charge in [0.2, 0.25) is 5.88 Å². The maximum Gasteiger partial charge on any atom is 0.337 e. The van der Waals surface area contributed by atoms with Gasteiger partial charge in [-0.3, -0.25) is 4.79 Å². The van der Waals surface area contributed by atoms with Gasteiger partial charge in [0.05, 0.1) is 29.2 Å². The molecule has 0 spiro atoms. The second-order valence-electron chi connectivity index (χ2n) is 8.25. The SMILES string of the molecule is Cc1cc([C@@H](C)Nc2ccccc2C(=O)O)c2oc(N3Cc4cncnc4C3)cc(=O)c2c1. The zero-order valence-corrected chi connectivity index (χ0v) is 18.2. The molecule has 0 fully saturated rings. The average Bonchev–Trinajstić information content (AvgIpc) is 3.23. The molecule has 0 amide bonds. The van der Waals surface area contributed by atoms with Crippen LogP contribution in [0.25, 0.3) is 11.0 Å². The number of rotatable bonds is 5. The van der Waals surface area contributed by atoms with E-state index >= 15 is 0 Å². The van der Waals surface area contributed by atoms with Gasteiger partial charge in [0, 0.05) is 35.6 Å². The van der Waals surface area contributed by atoms with Crippen molar-refractivity contribution >= 4 is 28.5 Å². The molecule has 5 rings (SSSR count). The number of aromatic nitrogens is 2. The maximum absolute atomic E-state index is 13.0. The summed E-state index contributed by atoms with van der Waals surface area (Å²) in [6.07, 6.45) is 3.30. The summed E-state index contributed by atoms with van der Waals surface area (Å²) in [5.41, 5.74) is 4.65. The minimum atomic E-state index is -1.01. The Balaban J connectivity index is 1.57. The van der Waals surface area contributed by atoms with Gasteiger partial charge in [-0.05, 0) is 37.6 Å². The third kappa shape index (κ3) is 3.80. The summed E-state index contributed by atoms with van der Waals surface area (Å²) < 4.78 is 6.30. The minimum Gasteiger partial charge on any atom is -0.478 e. The Bertz CT molecular complexity index is 1420. The molecule has 0 radical (unpaired) electrons. The predicted octanol–water partition coefficient (Wildman–Crippen LogP) is 4.28. The lowest BCUT2D eigenvalue weighted by Gasteiger charge is -2.21. The van der Waals surface area contributed by atoms with E-state index in [0.717, 1.165) is 22.4 Å². The highest BCUT2D eigenvalue weighted by Crippen LogP contribution is 2.33.